The Morgan fingerprint density at radius 1 is 1.59 bits per heavy atom. The normalized spacial score (nSPS) is 9.59. The molecule has 0 atom stereocenters. The first-order chi connectivity index (χ1) is 8.13. The first-order valence-corrected chi connectivity index (χ1v) is 5.67. The molecule has 0 aliphatic heterocycles. The van der Waals surface area contributed by atoms with Gasteiger partial charge in [0.05, 0.1) is 25.0 Å². The van der Waals surface area contributed by atoms with Crippen molar-refractivity contribution >= 4 is 5.97 Å². The van der Waals surface area contributed by atoms with Gasteiger partial charge in [-0.25, -0.2) is 4.98 Å². The van der Waals surface area contributed by atoms with Crippen LogP contribution in [0.15, 0.2) is 12.5 Å². The third kappa shape index (κ3) is 8.41. The number of nitrogens with zero attached hydrogens (tertiary/aromatic N) is 2. The zero-order valence-electron chi connectivity index (χ0n) is 10.2. The van der Waals surface area contributed by atoms with Crippen molar-refractivity contribution in [3.63, 3.8) is 0 Å². The second-order valence-electron chi connectivity index (χ2n) is 3.51. The van der Waals surface area contributed by atoms with Crippen molar-refractivity contribution < 1.29 is 15.0 Å². The van der Waals surface area contributed by atoms with E-state index in [1.54, 1.807) is 6.33 Å². The van der Waals surface area contributed by atoms with Gasteiger partial charge in [0, 0.05) is 25.7 Å². The number of aryl methyl sites for hydroxylation is 2. The van der Waals surface area contributed by atoms with Crippen LogP contribution in [0.1, 0.15) is 25.5 Å². The van der Waals surface area contributed by atoms with E-state index >= 15 is 0 Å². The fraction of sp³-hybridized carbons (Fsp3) is 0.636. The molecule has 98 valence electrons. The molecular formula is C11H21N3O3. The molecule has 0 saturated heterocycles. The maximum absolute atomic E-state index is 10.3. The highest BCUT2D eigenvalue weighted by atomic mass is 16.4. The molecule has 0 aromatic carbocycles. The minimum absolute atomic E-state index is 0.0972. The Kier molecular flexibility index (Phi) is 8.99. The average molecular weight is 243 g/mol. The Morgan fingerprint density at radius 2 is 2.24 bits per heavy atom. The number of aromatic nitrogens is 2. The lowest BCUT2D eigenvalue weighted by atomic mass is 10.2. The van der Waals surface area contributed by atoms with Gasteiger partial charge in [0.25, 0.3) is 0 Å². The first-order valence-electron chi connectivity index (χ1n) is 5.67. The Hall–Kier alpha value is -1.40. The number of imidazole rings is 1. The molecule has 1 heterocycles. The summed E-state index contributed by atoms with van der Waals surface area (Å²) >= 11 is 0. The van der Waals surface area contributed by atoms with Gasteiger partial charge in [-0.3, -0.25) is 4.79 Å². The second kappa shape index (κ2) is 9.80. The van der Waals surface area contributed by atoms with Gasteiger partial charge in [-0.1, -0.05) is 6.92 Å². The van der Waals surface area contributed by atoms with Gasteiger partial charge in [0.15, 0.2) is 0 Å². The van der Waals surface area contributed by atoms with Gasteiger partial charge in [-0.05, 0) is 6.42 Å². The van der Waals surface area contributed by atoms with E-state index < -0.39 is 5.97 Å². The predicted molar refractivity (Wildman–Crippen MR) is 64.6 cm³/mol. The zero-order chi connectivity index (χ0) is 13.1. The zero-order valence-corrected chi connectivity index (χ0v) is 10.2. The van der Waals surface area contributed by atoms with Crippen LogP contribution in [0, 0.1) is 0 Å². The predicted octanol–water partition coefficient (Wildman–Crippen LogP) is 0.248. The minimum atomic E-state index is -0.773. The van der Waals surface area contributed by atoms with E-state index in [9.17, 15) is 4.79 Å². The minimum Gasteiger partial charge on any atom is -0.481 e. The summed E-state index contributed by atoms with van der Waals surface area (Å²) in [6.45, 7) is 3.51. The van der Waals surface area contributed by atoms with E-state index in [4.69, 9.17) is 15.9 Å². The number of aliphatic hydroxyl groups excluding tert-OH is 1. The maximum atomic E-state index is 10.3. The summed E-state index contributed by atoms with van der Waals surface area (Å²) in [5, 5.41) is 16.2. The van der Waals surface area contributed by atoms with Gasteiger partial charge < -0.3 is 20.5 Å². The number of hydrogen-bond acceptors (Lipinski definition) is 4. The number of aliphatic carboxylic acids is 1. The molecule has 0 aliphatic rings. The number of rotatable bonds is 6. The molecule has 0 fully saturated rings. The molecule has 0 aliphatic carbocycles. The van der Waals surface area contributed by atoms with Gasteiger partial charge in [0.2, 0.25) is 0 Å². The van der Waals surface area contributed by atoms with Crippen molar-refractivity contribution in [1.82, 2.24) is 9.55 Å². The Morgan fingerprint density at radius 3 is 2.71 bits per heavy atom. The lowest BCUT2D eigenvalue weighted by Crippen LogP contribution is -2.02. The average Bonchev–Trinajstić information content (AvgIpc) is 2.75. The quantitative estimate of drug-likeness (QED) is 0.664. The van der Waals surface area contributed by atoms with Crippen molar-refractivity contribution in [2.45, 2.75) is 32.7 Å². The lowest BCUT2D eigenvalue weighted by molar-refractivity contribution is -0.136. The van der Waals surface area contributed by atoms with Crippen LogP contribution in [-0.4, -0.2) is 38.9 Å². The van der Waals surface area contributed by atoms with Crippen LogP contribution in [-0.2, 0) is 17.8 Å². The van der Waals surface area contributed by atoms with Crippen LogP contribution in [0.25, 0.3) is 0 Å². The molecule has 1 aromatic rings. The second-order valence-corrected chi connectivity index (χ2v) is 3.51. The number of carboxylic acid groups (broad SMARTS) is 1. The Balaban J connectivity index is 0.000000557. The number of carboxylic acids is 1. The third-order valence-corrected chi connectivity index (χ3v) is 1.89. The molecule has 17 heavy (non-hydrogen) atoms. The van der Waals surface area contributed by atoms with Gasteiger partial charge in [0.1, 0.15) is 0 Å². The molecule has 0 bridgehead atoms. The molecule has 0 amide bonds. The molecule has 0 unspecified atom stereocenters. The molecule has 6 heteroatoms. The van der Waals surface area contributed by atoms with Crippen molar-refractivity contribution in [3.05, 3.63) is 18.2 Å². The topological polar surface area (TPSA) is 101 Å². The van der Waals surface area contributed by atoms with Crippen molar-refractivity contribution in [1.29, 1.82) is 0 Å². The summed E-state index contributed by atoms with van der Waals surface area (Å²) in [5.74, 6) is -0.773. The molecule has 1 rings (SSSR count). The summed E-state index contributed by atoms with van der Waals surface area (Å²) in [6.07, 6.45) is 5.40. The van der Waals surface area contributed by atoms with Crippen LogP contribution in [0.4, 0.5) is 0 Å². The fourth-order valence-corrected chi connectivity index (χ4v) is 1.15. The number of nitrogens with two attached hydrogens (primary N) is 1. The number of aliphatic hydroxyl groups is 1. The largest absolute Gasteiger partial charge is 0.481 e. The Labute approximate surface area is 101 Å². The summed E-state index contributed by atoms with van der Waals surface area (Å²) in [5.41, 5.74) is 5.64. The summed E-state index contributed by atoms with van der Waals surface area (Å²) in [4.78, 5) is 14.4. The fourth-order valence-electron chi connectivity index (χ4n) is 1.15. The van der Waals surface area contributed by atoms with Crippen molar-refractivity contribution in [2.24, 2.45) is 5.73 Å². The van der Waals surface area contributed by atoms with Gasteiger partial charge >= 0.3 is 5.97 Å². The van der Waals surface area contributed by atoms with E-state index in [-0.39, 0.29) is 13.0 Å². The molecule has 0 saturated carbocycles. The van der Waals surface area contributed by atoms with Crippen LogP contribution in [0.5, 0.6) is 0 Å². The van der Waals surface area contributed by atoms with Gasteiger partial charge in [-0.2, -0.15) is 0 Å². The standard InChI is InChI=1S/C9H14N2O2.C2H7NO/c1-2-5-11-6-8(10-7-11)3-4-9(12)13;3-1-2-4/h6-7H,2-5H2,1H3,(H,12,13);4H,1-3H2. The summed E-state index contributed by atoms with van der Waals surface area (Å²) in [7, 11) is 0. The monoisotopic (exact) mass is 243 g/mol. The first kappa shape index (κ1) is 15.6. The van der Waals surface area contributed by atoms with Crippen molar-refractivity contribution in [3.8, 4) is 0 Å². The van der Waals surface area contributed by atoms with Crippen molar-refractivity contribution in [2.75, 3.05) is 13.2 Å². The van der Waals surface area contributed by atoms with Crippen LogP contribution < -0.4 is 5.73 Å². The highest BCUT2D eigenvalue weighted by Crippen LogP contribution is 2.01. The highest BCUT2D eigenvalue weighted by Gasteiger charge is 2.01. The molecule has 1 aromatic heterocycles. The van der Waals surface area contributed by atoms with E-state index in [1.165, 1.54) is 0 Å². The van der Waals surface area contributed by atoms with E-state index in [0.717, 1.165) is 18.7 Å². The summed E-state index contributed by atoms with van der Waals surface area (Å²) in [6, 6.07) is 0. The van der Waals surface area contributed by atoms with Crippen LogP contribution >= 0.6 is 0 Å². The molecule has 4 N–H and O–H groups in total. The maximum Gasteiger partial charge on any atom is 0.303 e. The molecule has 0 spiro atoms. The number of carbonyl (C=O) groups is 1. The van der Waals surface area contributed by atoms with E-state index in [0.29, 0.717) is 13.0 Å². The van der Waals surface area contributed by atoms with Crippen LogP contribution in [0.2, 0.25) is 0 Å². The van der Waals surface area contributed by atoms with Gasteiger partial charge in [-0.15, -0.1) is 0 Å². The van der Waals surface area contributed by atoms with Crippen LogP contribution in [0.3, 0.4) is 0 Å². The summed E-state index contributed by atoms with van der Waals surface area (Å²) < 4.78 is 1.98. The smallest absolute Gasteiger partial charge is 0.303 e. The number of hydrogen-bond donors (Lipinski definition) is 3. The van der Waals surface area contributed by atoms with E-state index in [1.807, 2.05) is 10.8 Å². The van der Waals surface area contributed by atoms with E-state index in [2.05, 4.69) is 11.9 Å². The molecule has 0 radical (unpaired) electrons. The lowest BCUT2D eigenvalue weighted by Gasteiger charge is -1.95. The molecular weight excluding hydrogens is 222 g/mol. The highest BCUT2D eigenvalue weighted by molar-refractivity contribution is 5.66. The Bertz CT molecular complexity index is 311. The molecule has 6 nitrogen and oxygen atoms in total. The SMILES string of the molecule is CCCn1cnc(CCC(=O)O)c1.NCCO. The third-order valence-electron chi connectivity index (χ3n) is 1.89.